The Morgan fingerprint density at radius 1 is 1.29 bits per heavy atom. The van der Waals surface area contributed by atoms with Gasteiger partial charge in [-0.3, -0.25) is 4.79 Å². The zero-order valence-electron chi connectivity index (χ0n) is 13.7. The quantitative estimate of drug-likeness (QED) is 0.750. The predicted octanol–water partition coefficient (Wildman–Crippen LogP) is 1.99. The van der Waals surface area contributed by atoms with Gasteiger partial charge in [0.2, 0.25) is 0 Å². The first-order valence-corrected chi connectivity index (χ1v) is 7.91. The first-order valence-electron chi connectivity index (χ1n) is 7.91. The van der Waals surface area contributed by atoms with Gasteiger partial charge in [0.25, 0.3) is 0 Å². The van der Waals surface area contributed by atoms with Gasteiger partial charge < -0.3 is 19.9 Å². The Morgan fingerprint density at radius 2 is 1.96 bits per heavy atom. The lowest BCUT2D eigenvalue weighted by Gasteiger charge is -2.30. The molecular weight excluding hydrogens is 306 g/mol. The van der Waals surface area contributed by atoms with Gasteiger partial charge in [0.15, 0.2) is 11.3 Å². The summed E-state index contributed by atoms with van der Waals surface area (Å²) in [5.41, 5.74) is 1.03. The summed E-state index contributed by atoms with van der Waals surface area (Å²) in [5, 5.41) is 20.1. The highest BCUT2D eigenvalue weighted by Crippen LogP contribution is 2.43. The molecule has 0 saturated heterocycles. The Bertz CT molecular complexity index is 819. The highest BCUT2D eigenvalue weighted by molar-refractivity contribution is 5.65. The highest BCUT2D eigenvalue weighted by Gasteiger charge is 2.51. The van der Waals surface area contributed by atoms with Crippen molar-refractivity contribution in [3.8, 4) is 17.0 Å². The second kappa shape index (κ2) is 6.26. The number of nitrogens with one attached hydrogen (secondary N) is 1. The number of benzene rings is 1. The summed E-state index contributed by atoms with van der Waals surface area (Å²) in [6.45, 7) is 2.96. The van der Waals surface area contributed by atoms with E-state index in [2.05, 4.69) is 4.98 Å². The molecule has 1 aromatic heterocycles. The fourth-order valence-electron chi connectivity index (χ4n) is 3.31. The van der Waals surface area contributed by atoms with Crippen LogP contribution < -0.4 is 10.2 Å². The molecule has 5 nitrogen and oxygen atoms in total. The Kier molecular flexibility index (Phi) is 4.30. The summed E-state index contributed by atoms with van der Waals surface area (Å²) < 4.78 is 5.89. The summed E-state index contributed by atoms with van der Waals surface area (Å²) in [6, 6.07) is 9.29. The number of H-pyrrole nitrogens is 1. The lowest BCUT2D eigenvalue weighted by Crippen LogP contribution is -2.47. The van der Waals surface area contributed by atoms with Crippen LogP contribution in [0.25, 0.3) is 11.1 Å². The second-order valence-electron chi connectivity index (χ2n) is 6.10. The molecule has 1 aromatic carbocycles. The van der Waals surface area contributed by atoms with E-state index < -0.39 is 11.5 Å². The number of allylic oxidation sites excluding steroid dienone is 1. The van der Waals surface area contributed by atoms with Crippen molar-refractivity contribution in [1.29, 1.82) is 0 Å². The van der Waals surface area contributed by atoms with Crippen molar-refractivity contribution >= 4 is 0 Å². The topological polar surface area (TPSA) is 82.6 Å². The number of rotatable bonds is 4. The van der Waals surface area contributed by atoms with Gasteiger partial charge in [-0.05, 0) is 25.0 Å². The molecule has 1 atom stereocenters. The smallest absolute Gasteiger partial charge is 0.199 e. The molecule has 2 aromatic rings. The molecule has 0 amide bonds. The van der Waals surface area contributed by atoms with Gasteiger partial charge in [0.1, 0.15) is 6.10 Å². The third-order valence-corrected chi connectivity index (χ3v) is 4.80. The number of pyridine rings is 1. The molecule has 1 aliphatic rings. The van der Waals surface area contributed by atoms with Crippen LogP contribution in [0, 0.1) is 0 Å². The average Bonchev–Trinajstić information content (AvgIpc) is 2.97. The zero-order valence-corrected chi connectivity index (χ0v) is 13.7. The van der Waals surface area contributed by atoms with Crippen molar-refractivity contribution in [3.05, 3.63) is 64.0 Å². The van der Waals surface area contributed by atoms with E-state index in [1.54, 1.807) is 6.20 Å². The van der Waals surface area contributed by atoms with Gasteiger partial charge in [-0.25, -0.2) is 0 Å². The van der Waals surface area contributed by atoms with Crippen molar-refractivity contribution in [3.63, 3.8) is 0 Å². The molecule has 2 heterocycles. The fourth-order valence-corrected chi connectivity index (χ4v) is 3.31. The molecule has 126 valence electrons. The largest absolute Gasteiger partial charge is 0.470 e. The number of hydrogen-bond acceptors (Lipinski definition) is 4. The van der Waals surface area contributed by atoms with Crippen LogP contribution in [0.1, 0.15) is 19.4 Å². The molecule has 5 heteroatoms. The van der Waals surface area contributed by atoms with Crippen LogP contribution in [0.4, 0.5) is 0 Å². The van der Waals surface area contributed by atoms with Crippen LogP contribution in [0.15, 0.2) is 53.0 Å². The van der Waals surface area contributed by atoms with Crippen molar-refractivity contribution < 1.29 is 14.9 Å². The van der Waals surface area contributed by atoms with Crippen LogP contribution in [0.2, 0.25) is 0 Å². The number of fused-ring (bicyclic) bond motifs is 1. The van der Waals surface area contributed by atoms with E-state index in [0.717, 1.165) is 11.1 Å². The number of hydrogen-bond donors (Lipinski definition) is 3. The minimum absolute atomic E-state index is 0.232. The minimum Gasteiger partial charge on any atom is -0.470 e. The van der Waals surface area contributed by atoms with E-state index in [9.17, 15) is 15.0 Å². The maximum absolute atomic E-state index is 13.1. The molecule has 0 fully saturated rings. The summed E-state index contributed by atoms with van der Waals surface area (Å²) in [5.74, 6) is 0.314. The van der Waals surface area contributed by atoms with Gasteiger partial charge in [-0.1, -0.05) is 36.4 Å². The first-order chi connectivity index (χ1) is 11.6. The third kappa shape index (κ3) is 2.28. The zero-order chi connectivity index (χ0) is 17.3. The van der Waals surface area contributed by atoms with E-state index in [0.29, 0.717) is 17.0 Å². The highest BCUT2D eigenvalue weighted by atomic mass is 16.5. The number of aromatic amines is 1. The number of aromatic nitrogens is 1. The Balaban J connectivity index is 2.24. The third-order valence-electron chi connectivity index (χ3n) is 4.80. The van der Waals surface area contributed by atoms with Crippen LogP contribution in [0.5, 0.6) is 5.88 Å². The maximum Gasteiger partial charge on any atom is 0.199 e. The van der Waals surface area contributed by atoms with Crippen LogP contribution in [-0.4, -0.2) is 34.5 Å². The Morgan fingerprint density at radius 3 is 2.54 bits per heavy atom. The maximum atomic E-state index is 13.1. The second-order valence-corrected chi connectivity index (χ2v) is 6.10. The standard InChI is InChI=1S/C19H21NO4/c1-3-12(2)17-19(10-21,11-22)15-16(23)14(9-20-18(15)24-17)13-7-5-4-6-8-13/h3-9,17,21-22H,10-11H2,1-2H3,(H,20,23)/b12-3+/t17-/m1/s1. The molecule has 24 heavy (non-hydrogen) atoms. The predicted molar refractivity (Wildman–Crippen MR) is 92.2 cm³/mol. The molecule has 0 aliphatic carbocycles. The lowest BCUT2D eigenvalue weighted by atomic mass is 9.75. The molecule has 0 spiro atoms. The van der Waals surface area contributed by atoms with Gasteiger partial charge in [-0.15, -0.1) is 0 Å². The van der Waals surface area contributed by atoms with E-state index in [1.807, 2.05) is 50.3 Å². The molecule has 0 radical (unpaired) electrons. The van der Waals surface area contributed by atoms with E-state index in [-0.39, 0.29) is 18.6 Å². The van der Waals surface area contributed by atoms with Crippen LogP contribution in [0.3, 0.4) is 0 Å². The number of aliphatic hydroxyl groups excluding tert-OH is 2. The normalized spacial score (nSPS) is 19.0. The van der Waals surface area contributed by atoms with Crippen molar-refractivity contribution in [2.24, 2.45) is 0 Å². The van der Waals surface area contributed by atoms with Gasteiger partial charge in [0, 0.05) is 11.8 Å². The number of ether oxygens (including phenoxy) is 1. The molecule has 1 aliphatic heterocycles. The van der Waals surface area contributed by atoms with Gasteiger partial charge >= 0.3 is 0 Å². The minimum atomic E-state index is -1.16. The fraction of sp³-hybridized carbons (Fsp3) is 0.316. The van der Waals surface area contributed by atoms with Gasteiger partial charge in [-0.2, -0.15) is 0 Å². The van der Waals surface area contributed by atoms with Crippen molar-refractivity contribution in [1.82, 2.24) is 4.98 Å². The van der Waals surface area contributed by atoms with Crippen molar-refractivity contribution in [2.75, 3.05) is 13.2 Å². The molecular formula is C19H21NO4. The lowest BCUT2D eigenvalue weighted by molar-refractivity contribution is 0.0586. The SMILES string of the molecule is C/C=C(\C)[C@H]1Oc2[nH]cc(-c3ccccc3)c(=O)c2C1(CO)CO. The summed E-state index contributed by atoms with van der Waals surface area (Å²) in [4.78, 5) is 16.1. The molecule has 3 rings (SSSR count). The monoisotopic (exact) mass is 327 g/mol. The summed E-state index contributed by atoms with van der Waals surface area (Å²) >= 11 is 0. The van der Waals surface area contributed by atoms with Crippen LogP contribution in [-0.2, 0) is 5.41 Å². The van der Waals surface area contributed by atoms with E-state index in [4.69, 9.17) is 4.74 Å². The van der Waals surface area contributed by atoms with Crippen LogP contribution >= 0.6 is 0 Å². The van der Waals surface area contributed by atoms with E-state index >= 15 is 0 Å². The van der Waals surface area contributed by atoms with E-state index in [1.165, 1.54) is 0 Å². The van der Waals surface area contributed by atoms with Crippen molar-refractivity contribution in [2.45, 2.75) is 25.4 Å². The average molecular weight is 327 g/mol. The molecule has 3 N–H and O–H groups in total. The Labute approximate surface area is 140 Å². The summed E-state index contributed by atoms with van der Waals surface area (Å²) in [6.07, 6.45) is 2.89. The molecule has 0 bridgehead atoms. The number of aliphatic hydroxyl groups is 2. The molecule has 0 saturated carbocycles. The summed E-state index contributed by atoms with van der Waals surface area (Å²) in [7, 11) is 0. The molecule has 0 unspecified atom stereocenters. The van der Waals surface area contributed by atoms with Gasteiger partial charge in [0.05, 0.1) is 24.2 Å². The Hall–Kier alpha value is -2.37. The first kappa shape index (κ1) is 16.5.